The first kappa shape index (κ1) is 42.1. The molecule has 0 spiro atoms. The van der Waals surface area contributed by atoms with E-state index in [1.165, 1.54) is 17.0 Å². The Morgan fingerprint density at radius 1 is 0.964 bits per heavy atom. The van der Waals surface area contributed by atoms with Crippen LogP contribution in [0.3, 0.4) is 0 Å². The molecule has 1 amide bonds. The van der Waals surface area contributed by atoms with Crippen molar-refractivity contribution in [3.05, 3.63) is 99.1 Å². The first-order valence-electron chi connectivity index (χ1n) is 18.7. The van der Waals surface area contributed by atoms with Gasteiger partial charge in [0.1, 0.15) is 24.7 Å². The number of nitrogens with zero attached hydrogens (tertiary/aromatic N) is 3. The van der Waals surface area contributed by atoms with Crippen molar-refractivity contribution in [1.29, 1.82) is 0 Å². The highest BCUT2D eigenvalue weighted by Crippen LogP contribution is 2.35. The third-order valence-corrected chi connectivity index (χ3v) is 9.60. The van der Waals surface area contributed by atoms with Gasteiger partial charge < -0.3 is 53.1 Å². The minimum Gasteiger partial charge on any atom is -0.490 e. The van der Waals surface area contributed by atoms with Crippen molar-refractivity contribution in [1.82, 2.24) is 10.2 Å². The van der Waals surface area contributed by atoms with Crippen LogP contribution in [0.25, 0.3) is 0 Å². The molecule has 1 saturated heterocycles. The summed E-state index contributed by atoms with van der Waals surface area (Å²) in [7, 11) is 5.02. The first-order chi connectivity index (χ1) is 27.2. The third kappa shape index (κ3) is 13.1. The van der Waals surface area contributed by atoms with E-state index in [0.717, 1.165) is 47.6 Å². The van der Waals surface area contributed by atoms with Crippen molar-refractivity contribution in [2.45, 2.75) is 50.7 Å². The third-order valence-electron chi connectivity index (χ3n) is 9.60. The molecule has 1 N–H and O–H groups in total. The standard InChI is InChI=1S/C40H52N4O12/c1-42(39(45)28-54-40(46)56-34-7-4-6-30(20-34)27-55-44(47)48)24-33-22-35(32-11-8-29(9-12-32)25-51-19-18-50-3)38(23-41-33)53-26-31-10-13-37-36(21-31)43(15-17-52-37)14-5-16-49-2/h4,6-13,20-21,33,35,38,41H,5,14-19,22-28H2,1-3H3/t33-,35-,38+/m1/s1. The Morgan fingerprint density at radius 3 is 2.54 bits per heavy atom. The Hall–Kier alpha value is -5.00. The van der Waals surface area contributed by atoms with Crippen LogP contribution in [-0.4, -0.2) is 115 Å². The lowest BCUT2D eigenvalue weighted by Gasteiger charge is -2.39. The highest BCUT2D eigenvalue weighted by Gasteiger charge is 2.33. The van der Waals surface area contributed by atoms with Gasteiger partial charge >= 0.3 is 6.16 Å². The average Bonchev–Trinajstić information content (AvgIpc) is 3.20. The van der Waals surface area contributed by atoms with Crippen LogP contribution in [0.15, 0.2) is 66.7 Å². The number of amides is 1. The Kier molecular flexibility index (Phi) is 16.5. The number of ether oxygens (including phenoxy) is 7. The molecule has 3 aromatic rings. The average molecular weight is 781 g/mol. The zero-order chi connectivity index (χ0) is 39.7. The lowest BCUT2D eigenvalue weighted by atomic mass is 9.83. The number of carbonyl (C=O) groups is 2. The van der Waals surface area contributed by atoms with Gasteiger partial charge in [0, 0.05) is 59.5 Å². The molecule has 5 rings (SSSR count). The monoisotopic (exact) mass is 780 g/mol. The molecular formula is C40H52N4O12. The zero-order valence-corrected chi connectivity index (χ0v) is 32.2. The number of piperidine rings is 1. The Balaban J connectivity index is 1.18. The normalized spacial score (nSPS) is 17.7. The van der Waals surface area contributed by atoms with Crippen LogP contribution in [0.5, 0.6) is 11.5 Å². The lowest BCUT2D eigenvalue weighted by molar-refractivity contribution is -0.763. The smallest absolute Gasteiger partial charge is 0.490 e. The number of nitrogens with one attached hydrogen (secondary N) is 1. The largest absolute Gasteiger partial charge is 0.514 e. The number of hydrogen-bond donors (Lipinski definition) is 1. The van der Waals surface area contributed by atoms with Crippen LogP contribution < -0.4 is 19.7 Å². The van der Waals surface area contributed by atoms with Gasteiger partial charge in [0.15, 0.2) is 6.61 Å². The van der Waals surface area contributed by atoms with E-state index in [1.54, 1.807) is 33.4 Å². The zero-order valence-electron chi connectivity index (χ0n) is 32.2. The van der Waals surface area contributed by atoms with Gasteiger partial charge in [0.25, 0.3) is 11.0 Å². The highest BCUT2D eigenvalue weighted by molar-refractivity contribution is 5.79. The lowest BCUT2D eigenvalue weighted by Crippen LogP contribution is -2.52. The second-order valence-electron chi connectivity index (χ2n) is 13.6. The Morgan fingerprint density at radius 2 is 1.75 bits per heavy atom. The highest BCUT2D eigenvalue weighted by atomic mass is 16.9. The molecule has 2 aliphatic rings. The van der Waals surface area contributed by atoms with Gasteiger partial charge in [-0.1, -0.05) is 42.5 Å². The molecule has 0 radical (unpaired) electrons. The Labute approximate surface area is 326 Å². The number of methoxy groups -OCH3 is 2. The second kappa shape index (κ2) is 21.9. The predicted octanol–water partition coefficient (Wildman–Crippen LogP) is 4.50. The van der Waals surface area contributed by atoms with Crippen LogP contribution in [-0.2, 0) is 53.1 Å². The molecule has 304 valence electrons. The van der Waals surface area contributed by atoms with Crippen molar-refractivity contribution in [2.75, 3.05) is 85.4 Å². The van der Waals surface area contributed by atoms with Crippen molar-refractivity contribution >= 4 is 17.7 Å². The molecule has 2 aliphatic heterocycles. The maximum absolute atomic E-state index is 13.0. The fourth-order valence-electron chi connectivity index (χ4n) is 6.68. The maximum Gasteiger partial charge on any atom is 0.514 e. The van der Waals surface area contributed by atoms with Gasteiger partial charge in [0.05, 0.1) is 44.8 Å². The van der Waals surface area contributed by atoms with E-state index in [9.17, 15) is 19.7 Å². The van der Waals surface area contributed by atoms with Gasteiger partial charge in [0.2, 0.25) is 0 Å². The number of carbonyl (C=O) groups excluding carboxylic acids is 2. The van der Waals surface area contributed by atoms with Crippen LogP contribution >= 0.6 is 0 Å². The molecule has 0 bridgehead atoms. The topological polar surface area (TPSA) is 170 Å². The van der Waals surface area contributed by atoms with Crippen molar-refractivity contribution < 1.29 is 52.7 Å². The van der Waals surface area contributed by atoms with E-state index < -0.39 is 23.8 Å². The summed E-state index contributed by atoms with van der Waals surface area (Å²) in [5.41, 5.74) is 4.72. The molecular weight excluding hydrogens is 728 g/mol. The molecule has 56 heavy (non-hydrogen) atoms. The van der Waals surface area contributed by atoms with Crippen LogP contribution in [0.2, 0.25) is 0 Å². The summed E-state index contributed by atoms with van der Waals surface area (Å²) < 4.78 is 38.9. The predicted molar refractivity (Wildman–Crippen MR) is 204 cm³/mol. The molecule has 16 nitrogen and oxygen atoms in total. The number of hydrogen-bond acceptors (Lipinski definition) is 14. The van der Waals surface area contributed by atoms with E-state index in [4.69, 9.17) is 33.2 Å². The van der Waals surface area contributed by atoms with Crippen LogP contribution in [0, 0.1) is 10.1 Å². The fourth-order valence-corrected chi connectivity index (χ4v) is 6.68. The number of fused-ring (bicyclic) bond motifs is 1. The molecule has 0 aliphatic carbocycles. The number of anilines is 1. The summed E-state index contributed by atoms with van der Waals surface area (Å²) in [5.74, 6) is 0.592. The molecule has 3 aromatic carbocycles. The number of rotatable bonds is 21. The van der Waals surface area contributed by atoms with Gasteiger partial charge in [-0.05, 0) is 59.4 Å². The minimum absolute atomic E-state index is 0.0254. The van der Waals surface area contributed by atoms with Gasteiger partial charge in [-0.15, -0.1) is 10.1 Å². The number of likely N-dealkylation sites (N-methyl/N-ethyl adjacent to an activating group) is 1. The molecule has 0 aromatic heterocycles. The van der Waals surface area contributed by atoms with E-state index >= 15 is 0 Å². The molecule has 0 saturated carbocycles. The van der Waals surface area contributed by atoms with Gasteiger partial charge in [-0.25, -0.2) is 4.79 Å². The van der Waals surface area contributed by atoms with Gasteiger partial charge in [-0.2, -0.15) is 0 Å². The fraction of sp³-hybridized carbons (Fsp3) is 0.500. The van der Waals surface area contributed by atoms with E-state index in [-0.39, 0.29) is 30.4 Å². The summed E-state index contributed by atoms with van der Waals surface area (Å²) in [4.78, 5) is 44.1. The Bertz CT molecular complexity index is 1710. The maximum atomic E-state index is 13.0. The van der Waals surface area contributed by atoms with Crippen LogP contribution in [0.1, 0.15) is 41.0 Å². The van der Waals surface area contributed by atoms with E-state index in [2.05, 4.69) is 45.4 Å². The van der Waals surface area contributed by atoms with Gasteiger partial charge in [-0.3, -0.25) is 4.79 Å². The van der Waals surface area contributed by atoms with E-state index in [0.29, 0.717) is 64.7 Å². The van der Waals surface area contributed by atoms with Crippen molar-refractivity contribution in [2.24, 2.45) is 0 Å². The summed E-state index contributed by atoms with van der Waals surface area (Å²) in [6.45, 7) is 5.09. The molecule has 3 atom stereocenters. The summed E-state index contributed by atoms with van der Waals surface area (Å²) in [5, 5.41) is 13.1. The second-order valence-corrected chi connectivity index (χ2v) is 13.6. The molecule has 16 heteroatoms. The molecule has 0 unspecified atom stereocenters. The van der Waals surface area contributed by atoms with Crippen molar-refractivity contribution in [3.8, 4) is 11.5 Å². The molecule has 2 heterocycles. The van der Waals surface area contributed by atoms with Crippen LogP contribution in [0.4, 0.5) is 10.5 Å². The minimum atomic E-state index is -1.08. The number of benzene rings is 3. The SMILES string of the molecule is COCCCN1CCOc2ccc(CO[C@H]3CN[C@@H](CN(C)C(=O)COC(=O)Oc4cccc(CO[N+](=O)[O-])c4)C[C@@H]3c3ccc(COCCOC)cc3)cc21. The van der Waals surface area contributed by atoms with Crippen molar-refractivity contribution in [3.63, 3.8) is 0 Å². The summed E-state index contributed by atoms with van der Waals surface area (Å²) in [6.07, 6.45) is 0.390. The summed E-state index contributed by atoms with van der Waals surface area (Å²) in [6, 6.07) is 20.6. The van der Waals surface area contributed by atoms with E-state index in [1.807, 2.05) is 12.1 Å². The first-order valence-corrected chi connectivity index (χ1v) is 18.7. The molecule has 1 fully saturated rings. The quantitative estimate of drug-likeness (QED) is 0.0527. The summed E-state index contributed by atoms with van der Waals surface area (Å²) >= 11 is 0.